The number of aromatic amines is 1. The number of nitrogens with zero attached hydrogens (tertiary/aromatic N) is 1. The van der Waals surface area contributed by atoms with Gasteiger partial charge in [0, 0.05) is 6.08 Å². The molecule has 0 aromatic carbocycles. The Balaban J connectivity index is 2.39. The maximum atomic E-state index is 10.9. The minimum absolute atomic E-state index is 0.228. The summed E-state index contributed by atoms with van der Waals surface area (Å²) < 4.78 is 4.71. The van der Waals surface area contributed by atoms with E-state index in [0.717, 1.165) is 5.69 Å². The van der Waals surface area contributed by atoms with Gasteiger partial charge >= 0.3 is 5.97 Å². The third-order valence-electron chi connectivity index (χ3n) is 1.26. The molecule has 1 aromatic rings. The first kappa shape index (κ1) is 9.25. The summed E-state index contributed by atoms with van der Waals surface area (Å²) in [7, 11) is 0. The Labute approximate surface area is 75.9 Å². The fourth-order valence-corrected chi connectivity index (χ4v) is 0.705. The Morgan fingerprint density at radius 3 is 3.23 bits per heavy atom. The van der Waals surface area contributed by atoms with Gasteiger partial charge in [0.15, 0.2) is 0 Å². The van der Waals surface area contributed by atoms with Crippen molar-refractivity contribution >= 4 is 12.0 Å². The third-order valence-corrected chi connectivity index (χ3v) is 1.26. The molecule has 13 heavy (non-hydrogen) atoms. The van der Waals surface area contributed by atoms with E-state index in [4.69, 9.17) is 4.74 Å². The van der Waals surface area contributed by atoms with Crippen LogP contribution in [0.15, 0.2) is 31.3 Å². The second-order valence-electron chi connectivity index (χ2n) is 2.26. The number of aromatic nitrogens is 2. The minimum atomic E-state index is -0.394. The van der Waals surface area contributed by atoms with Crippen molar-refractivity contribution in [1.29, 1.82) is 0 Å². The molecule has 0 spiro atoms. The molecule has 0 aliphatic heterocycles. The summed E-state index contributed by atoms with van der Waals surface area (Å²) in [5.74, 6) is -0.394. The lowest BCUT2D eigenvalue weighted by Crippen LogP contribution is -1.99. The second kappa shape index (κ2) is 4.92. The Hall–Kier alpha value is -1.84. The number of rotatable bonds is 4. The van der Waals surface area contributed by atoms with Crippen molar-refractivity contribution in [3.8, 4) is 0 Å². The molecule has 0 aliphatic rings. The van der Waals surface area contributed by atoms with Crippen LogP contribution in [0.1, 0.15) is 5.69 Å². The Kier molecular flexibility index (Phi) is 3.50. The number of imidazole rings is 1. The van der Waals surface area contributed by atoms with Crippen LogP contribution in [0.5, 0.6) is 0 Å². The topological polar surface area (TPSA) is 55.0 Å². The van der Waals surface area contributed by atoms with Gasteiger partial charge in [0.25, 0.3) is 0 Å². The van der Waals surface area contributed by atoms with Gasteiger partial charge in [-0.3, -0.25) is 0 Å². The van der Waals surface area contributed by atoms with Gasteiger partial charge in [0.2, 0.25) is 0 Å². The van der Waals surface area contributed by atoms with Gasteiger partial charge in [0.05, 0.1) is 18.2 Å². The maximum absolute atomic E-state index is 10.9. The smallest absolute Gasteiger partial charge is 0.331 e. The van der Waals surface area contributed by atoms with Crippen LogP contribution in [0, 0.1) is 0 Å². The summed E-state index contributed by atoms with van der Waals surface area (Å²) in [4.78, 5) is 17.5. The Morgan fingerprint density at radius 2 is 2.62 bits per heavy atom. The molecule has 0 bridgehead atoms. The minimum Gasteiger partial charge on any atom is -0.458 e. The highest BCUT2D eigenvalue weighted by molar-refractivity contribution is 5.86. The highest BCUT2D eigenvalue weighted by atomic mass is 16.5. The zero-order chi connectivity index (χ0) is 9.52. The zero-order valence-electron chi connectivity index (χ0n) is 7.06. The van der Waals surface area contributed by atoms with Crippen LogP contribution in [-0.4, -0.2) is 22.5 Å². The van der Waals surface area contributed by atoms with Crippen LogP contribution < -0.4 is 0 Å². The van der Waals surface area contributed by atoms with Gasteiger partial charge in [0.1, 0.15) is 6.61 Å². The lowest BCUT2D eigenvalue weighted by molar-refractivity contribution is -0.136. The first-order valence-electron chi connectivity index (χ1n) is 3.77. The molecular weight excluding hydrogens is 168 g/mol. The first-order valence-corrected chi connectivity index (χ1v) is 3.77. The van der Waals surface area contributed by atoms with Crippen LogP contribution in [-0.2, 0) is 9.53 Å². The molecule has 0 unspecified atom stereocenters. The molecule has 1 aromatic heterocycles. The molecule has 0 fully saturated rings. The molecular formula is C9H10N2O2. The molecule has 4 nitrogen and oxygen atoms in total. The maximum Gasteiger partial charge on any atom is 0.331 e. The second-order valence-corrected chi connectivity index (χ2v) is 2.26. The van der Waals surface area contributed by atoms with Crippen LogP contribution in [0.3, 0.4) is 0 Å². The van der Waals surface area contributed by atoms with Crippen LogP contribution in [0.4, 0.5) is 0 Å². The van der Waals surface area contributed by atoms with Crippen LogP contribution >= 0.6 is 0 Å². The molecule has 0 atom stereocenters. The van der Waals surface area contributed by atoms with E-state index in [1.54, 1.807) is 12.3 Å². The van der Waals surface area contributed by atoms with Crippen molar-refractivity contribution in [3.05, 3.63) is 36.9 Å². The lowest BCUT2D eigenvalue weighted by Gasteiger charge is -1.94. The highest BCUT2D eigenvalue weighted by Gasteiger charge is 1.93. The van der Waals surface area contributed by atoms with E-state index >= 15 is 0 Å². The third kappa shape index (κ3) is 3.37. The summed E-state index contributed by atoms with van der Waals surface area (Å²) >= 11 is 0. The normalized spacial score (nSPS) is 10.2. The fraction of sp³-hybridized carbons (Fsp3) is 0.111. The van der Waals surface area contributed by atoms with Gasteiger partial charge in [-0.05, 0) is 6.08 Å². The molecule has 4 heteroatoms. The number of carbonyl (C=O) groups is 1. The summed E-state index contributed by atoms with van der Waals surface area (Å²) in [5.41, 5.74) is 0.760. The molecule has 68 valence electrons. The van der Waals surface area contributed by atoms with Gasteiger partial charge in [-0.2, -0.15) is 0 Å². The molecule has 0 radical (unpaired) electrons. The SMILES string of the molecule is C=CCOC(=O)/C=C/c1cnc[nH]1. The Bertz CT molecular complexity index is 301. The summed E-state index contributed by atoms with van der Waals surface area (Å²) in [6, 6.07) is 0. The largest absolute Gasteiger partial charge is 0.458 e. The van der Waals surface area contributed by atoms with Crippen LogP contribution in [0.25, 0.3) is 6.08 Å². The Morgan fingerprint density at radius 1 is 1.77 bits per heavy atom. The number of esters is 1. The highest BCUT2D eigenvalue weighted by Crippen LogP contribution is 1.94. The van der Waals surface area contributed by atoms with Gasteiger partial charge < -0.3 is 9.72 Å². The first-order chi connectivity index (χ1) is 6.33. The van der Waals surface area contributed by atoms with Gasteiger partial charge in [-0.25, -0.2) is 9.78 Å². The summed E-state index contributed by atoms with van der Waals surface area (Å²) in [6.07, 6.45) is 7.59. The van der Waals surface area contributed by atoms with Crippen molar-refractivity contribution in [1.82, 2.24) is 9.97 Å². The molecule has 1 N–H and O–H groups in total. The van der Waals surface area contributed by atoms with Crippen molar-refractivity contribution in [2.45, 2.75) is 0 Å². The van der Waals surface area contributed by atoms with Gasteiger partial charge in [-0.1, -0.05) is 12.7 Å². The van der Waals surface area contributed by atoms with E-state index in [0.29, 0.717) is 0 Å². The lowest BCUT2D eigenvalue weighted by atomic mass is 10.4. The van der Waals surface area contributed by atoms with E-state index < -0.39 is 5.97 Å². The van der Waals surface area contributed by atoms with E-state index in [1.165, 1.54) is 18.5 Å². The number of H-pyrrole nitrogens is 1. The standard InChI is InChI=1S/C9H10N2O2/c1-2-5-13-9(12)4-3-8-6-10-7-11-8/h2-4,6-7H,1,5H2,(H,10,11)/b4-3+. The average molecular weight is 178 g/mol. The molecule has 1 rings (SSSR count). The summed E-state index contributed by atoms with van der Waals surface area (Å²) in [6.45, 7) is 3.65. The van der Waals surface area contributed by atoms with E-state index in [9.17, 15) is 4.79 Å². The monoisotopic (exact) mass is 178 g/mol. The quantitative estimate of drug-likeness (QED) is 0.427. The van der Waals surface area contributed by atoms with Crippen molar-refractivity contribution < 1.29 is 9.53 Å². The average Bonchev–Trinajstić information content (AvgIpc) is 2.64. The van der Waals surface area contributed by atoms with Gasteiger partial charge in [-0.15, -0.1) is 0 Å². The predicted octanol–water partition coefficient (Wildman–Crippen LogP) is 1.15. The van der Waals surface area contributed by atoms with E-state index in [2.05, 4.69) is 16.5 Å². The van der Waals surface area contributed by atoms with Crippen molar-refractivity contribution in [3.63, 3.8) is 0 Å². The molecule has 0 amide bonds. The number of carbonyl (C=O) groups excluding carboxylic acids is 1. The molecule has 1 heterocycles. The van der Waals surface area contributed by atoms with Crippen LogP contribution in [0.2, 0.25) is 0 Å². The molecule has 0 saturated heterocycles. The number of ether oxygens (including phenoxy) is 1. The van der Waals surface area contributed by atoms with E-state index in [1.807, 2.05) is 0 Å². The number of nitrogens with one attached hydrogen (secondary N) is 1. The fourth-order valence-electron chi connectivity index (χ4n) is 0.705. The van der Waals surface area contributed by atoms with Crippen molar-refractivity contribution in [2.75, 3.05) is 6.61 Å². The number of hydrogen-bond donors (Lipinski definition) is 1. The number of hydrogen-bond acceptors (Lipinski definition) is 3. The summed E-state index contributed by atoms with van der Waals surface area (Å²) in [5, 5.41) is 0. The predicted molar refractivity (Wildman–Crippen MR) is 48.8 cm³/mol. The van der Waals surface area contributed by atoms with Crippen molar-refractivity contribution in [2.24, 2.45) is 0 Å². The molecule has 0 saturated carbocycles. The molecule has 0 aliphatic carbocycles. The van der Waals surface area contributed by atoms with E-state index in [-0.39, 0.29) is 6.61 Å². The zero-order valence-corrected chi connectivity index (χ0v) is 7.06.